The molecule has 0 bridgehead atoms. The normalized spacial score (nSPS) is 12.3. The van der Waals surface area contributed by atoms with Gasteiger partial charge in [0.15, 0.2) is 0 Å². The Hall–Kier alpha value is -1.64. The molecule has 0 aliphatic carbocycles. The summed E-state index contributed by atoms with van der Waals surface area (Å²) in [6.45, 7) is 0. The van der Waals surface area contributed by atoms with Gasteiger partial charge in [0.25, 0.3) is 0 Å². The lowest BCUT2D eigenvalue weighted by Gasteiger charge is -1.98. The molecule has 1 aromatic heterocycles. The summed E-state index contributed by atoms with van der Waals surface area (Å²) in [7, 11) is 1.60. The van der Waals surface area contributed by atoms with Crippen molar-refractivity contribution in [2.75, 3.05) is 7.11 Å². The maximum atomic E-state index is 9.64. The number of methoxy groups -OCH3 is 1. The number of rotatable bonds is 3. The lowest BCUT2D eigenvalue weighted by atomic mass is 10.3. The van der Waals surface area contributed by atoms with Crippen molar-refractivity contribution in [1.29, 1.82) is 5.26 Å². The van der Waals surface area contributed by atoms with E-state index in [2.05, 4.69) is 4.98 Å². The number of aromatic nitrogens is 1. The second-order valence-electron chi connectivity index (χ2n) is 3.26. The fourth-order valence-electron chi connectivity index (χ4n) is 1.37. The van der Waals surface area contributed by atoms with E-state index < -0.39 is 6.10 Å². The number of thiazole rings is 1. The first-order valence-electron chi connectivity index (χ1n) is 4.74. The van der Waals surface area contributed by atoms with Gasteiger partial charge in [-0.3, -0.25) is 0 Å². The highest BCUT2D eigenvalue weighted by molar-refractivity contribution is 7.18. The molecule has 0 fully saturated rings. The molecule has 1 aromatic carbocycles. The zero-order valence-corrected chi connectivity index (χ0v) is 9.49. The Labute approximate surface area is 96.7 Å². The molecular weight excluding hydrogens is 224 g/mol. The van der Waals surface area contributed by atoms with E-state index in [1.807, 2.05) is 24.3 Å². The predicted molar refractivity (Wildman–Crippen MR) is 61.4 cm³/mol. The van der Waals surface area contributed by atoms with Crippen molar-refractivity contribution in [3.63, 3.8) is 0 Å². The molecule has 0 amide bonds. The number of aliphatic hydroxyl groups excluding tert-OH is 1. The number of nitriles is 1. The quantitative estimate of drug-likeness (QED) is 0.884. The average Bonchev–Trinajstić information content (AvgIpc) is 2.71. The fraction of sp³-hybridized carbons (Fsp3) is 0.273. The Morgan fingerprint density at radius 3 is 3.12 bits per heavy atom. The molecule has 4 nitrogen and oxygen atoms in total. The highest BCUT2D eigenvalue weighted by Crippen LogP contribution is 2.30. The first kappa shape index (κ1) is 10.9. The molecule has 0 aliphatic rings. The Kier molecular flexibility index (Phi) is 3.04. The summed E-state index contributed by atoms with van der Waals surface area (Å²) >= 11 is 1.38. The number of ether oxygens (including phenoxy) is 1. The second kappa shape index (κ2) is 4.47. The van der Waals surface area contributed by atoms with Gasteiger partial charge in [0.05, 0.1) is 29.8 Å². The molecule has 16 heavy (non-hydrogen) atoms. The third-order valence-corrected chi connectivity index (χ3v) is 3.30. The number of hydrogen-bond acceptors (Lipinski definition) is 5. The van der Waals surface area contributed by atoms with Gasteiger partial charge in [0, 0.05) is 0 Å². The Balaban J connectivity index is 2.40. The van der Waals surface area contributed by atoms with Crippen molar-refractivity contribution in [3.8, 4) is 11.8 Å². The zero-order valence-electron chi connectivity index (χ0n) is 8.67. The van der Waals surface area contributed by atoms with E-state index in [1.54, 1.807) is 7.11 Å². The molecule has 0 aliphatic heterocycles. The van der Waals surface area contributed by atoms with Crippen molar-refractivity contribution >= 4 is 21.6 Å². The van der Waals surface area contributed by atoms with Crippen LogP contribution in [0.1, 0.15) is 17.5 Å². The van der Waals surface area contributed by atoms with E-state index in [1.165, 1.54) is 11.3 Å². The van der Waals surface area contributed by atoms with Crippen molar-refractivity contribution in [2.45, 2.75) is 12.5 Å². The van der Waals surface area contributed by atoms with E-state index in [-0.39, 0.29) is 6.42 Å². The summed E-state index contributed by atoms with van der Waals surface area (Å²) in [5, 5.41) is 18.7. The number of fused-ring (bicyclic) bond motifs is 1. The molecule has 2 aromatic rings. The van der Waals surface area contributed by atoms with E-state index in [0.717, 1.165) is 16.0 Å². The van der Waals surface area contributed by atoms with Gasteiger partial charge in [-0.1, -0.05) is 0 Å². The molecular formula is C11H10N2O2S. The van der Waals surface area contributed by atoms with Gasteiger partial charge < -0.3 is 9.84 Å². The van der Waals surface area contributed by atoms with Crippen LogP contribution < -0.4 is 4.74 Å². The van der Waals surface area contributed by atoms with Crippen molar-refractivity contribution in [3.05, 3.63) is 23.2 Å². The predicted octanol–water partition coefficient (Wildman–Crippen LogP) is 2.25. The average molecular weight is 234 g/mol. The van der Waals surface area contributed by atoms with Gasteiger partial charge in [0.2, 0.25) is 0 Å². The van der Waals surface area contributed by atoms with E-state index in [9.17, 15) is 5.11 Å². The standard InChI is InChI=1S/C11H10N2O2S/c1-15-7-2-3-8-10(6-7)16-11(13-8)9(14)4-5-12/h2-3,6,9,14H,4H2,1H3. The van der Waals surface area contributed by atoms with Gasteiger partial charge in [-0.2, -0.15) is 5.26 Å². The molecule has 0 saturated carbocycles. The first-order chi connectivity index (χ1) is 7.74. The van der Waals surface area contributed by atoms with E-state index in [0.29, 0.717) is 5.01 Å². The Morgan fingerprint density at radius 1 is 1.62 bits per heavy atom. The lowest BCUT2D eigenvalue weighted by Crippen LogP contribution is -1.93. The van der Waals surface area contributed by atoms with Gasteiger partial charge in [-0.15, -0.1) is 11.3 Å². The van der Waals surface area contributed by atoms with Gasteiger partial charge >= 0.3 is 0 Å². The van der Waals surface area contributed by atoms with Crippen LogP contribution in [0.3, 0.4) is 0 Å². The largest absolute Gasteiger partial charge is 0.497 e. The number of hydrogen-bond donors (Lipinski definition) is 1. The third-order valence-electron chi connectivity index (χ3n) is 2.18. The van der Waals surface area contributed by atoms with Crippen molar-refractivity contribution in [1.82, 2.24) is 4.98 Å². The van der Waals surface area contributed by atoms with Gasteiger partial charge in [0.1, 0.15) is 16.9 Å². The maximum absolute atomic E-state index is 9.64. The molecule has 0 saturated heterocycles. The minimum Gasteiger partial charge on any atom is -0.497 e. The minimum atomic E-state index is -0.798. The van der Waals surface area contributed by atoms with Gasteiger partial charge in [-0.25, -0.2) is 4.98 Å². The van der Waals surface area contributed by atoms with Crippen LogP contribution in [0.15, 0.2) is 18.2 Å². The molecule has 5 heteroatoms. The van der Waals surface area contributed by atoms with Gasteiger partial charge in [-0.05, 0) is 18.2 Å². The molecule has 1 heterocycles. The number of aliphatic hydroxyl groups is 1. The number of nitrogens with zero attached hydrogens (tertiary/aromatic N) is 2. The van der Waals surface area contributed by atoms with Crippen molar-refractivity contribution < 1.29 is 9.84 Å². The van der Waals surface area contributed by atoms with Crippen molar-refractivity contribution in [2.24, 2.45) is 0 Å². The summed E-state index contributed by atoms with van der Waals surface area (Å²) < 4.78 is 6.05. The van der Waals surface area contributed by atoms with Crippen LogP contribution in [0.5, 0.6) is 5.75 Å². The van der Waals surface area contributed by atoms with Crippen LogP contribution in [-0.4, -0.2) is 17.2 Å². The molecule has 2 rings (SSSR count). The topological polar surface area (TPSA) is 66.1 Å². The molecule has 1 atom stereocenters. The van der Waals surface area contributed by atoms with Crippen LogP contribution in [0.25, 0.3) is 10.2 Å². The molecule has 0 radical (unpaired) electrons. The fourth-order valence-corrected chi connectivity index (χ4v) is 2.35. The van der Waals surface area contributed by atoms with E-state index >= 15 is 0 Å². The smallest absolute Gasteiger partial charge is 0.124 e. The zero-order chi connectivity index (χ0) is 11.5. The van der Waals surface area contributed by atoms with E-state index in [4.69, 9.17) is 10.00 Å². The Bertz CT molecular complexity index is 544. The third kappa shape index (κ3) is 1.98. The first-order valence-corrected chi connectivity index (χ1v) is 5.55. The molecule has 1 N–H and O–H groups in total. The summed E-state index contributed by atoms with van der Waals surface area (Å²) in [6, 6.07) is 7.46. The molecule has 1 unspecified atom stereocenters. The Morgan fingerprint density at radius 2 is 2.44 bits per heavy atom. The second-order valence-corrected chi connectivity index (χ2v) is 4.33. The van der Waals surface area contributed by atoms with Crippen LogP contribution in [0.4, 0.5) is 0 Å². The highest BCUT2D eigenvalue weighted by Gasteiger charge is 2.13. The van der Waals surface area contributed by atoms with Crippen LogP contribution >= 0.6 is 11.3 Å². The lowest BCUT2D eigenvalue weighted by molar-refractivity contribution is 0.183. The summed E-state index contributed by atoms with van der Waals surface area (Å²) in [4.78, 5) is 4.27. The molecule has 0 spiro atoms. The van der Waals surface area contributed by atoms with Crippen LogP contribution in [0.2, 0.25) is 0 Å². The summed E-state index contributed by atoms with van der Waals surface area (Å²) in [5.41, 5.74) is 0.817. The highest BCUT2D eigenvalue weighted by atomic mass is 32.1. The SMILES string of the molecule is COc1ccc2nc(C(O)CC#N)sc2c1. The summed E-state index contributed by atoms with van der Waals surface area (Å²) in [6.07, 6.45) is -0.731. The number of benzene rings is 1. The van der Waals surface area contributed by atoms with Crippen LogP contribution in [0, 0.1) is 11.3 Å². The minimum absolute atomic E-state index is 0.0664. The maximum Gasteiger partial charge on any atom is 0.124 e. The van der Waals surface area contributed by atoms with Crippen LogP contribution in [-0.2, 0) is 0 Å². The monoisotopic (exact) mass is 234 g/mol. The summed E-state index contributed by atoms with van der Waals surface area (Å²) in [5.74, 6) is 0.762. The molecule has 82 valence electrons.